The normalized spacial score (nSPS) is 18.4. The number of carbonyl (C=O) groups is 2. The Morgan fingerprint density at radius 2 is 2.14 bits per heavy atom. The summed E-state index contributed by atoms with van der Waals surface area (Å²) in [6.07, 6.45) is -1.13. The molecule has 1 aliphatic heterocycles. The molecule has 0 saturated carbocycles. The van der Waals surface area contributed by atoms with E-state index in [1.54, 1.807) is 0 Å². The summed E-state index contributed by atoms with van der Waals surface area (Å²) in [4.78, 5) is 21.3. The Kier molecular flexibility index (Phi) is 3.84. The van der Waals surface area contributed by atoms with E-state index in [4.69, 9.17) is 10.2 Å². The second-order valence-corrected chi connectivity index (χ2v) is 3.39. The van der Waals surface area contributed by atoms with Crippen molar-refractivity contribution in [3.63, 3.8) is 0 Å². The third-order valence-electron chi connectivity index (χ3n) is 2.12. The fourth-order valence-corrected chi connectivity index (χ4v) is 1.12. The molecule has 0 aromatic rings. The molecule has 1 saturated heterocycles. The first-order valence-electron chi connectivity index (χ1n) is 4.48. The van der Waals surface area contributed by atoms with Gasteiger partial charge >= 0.3 is 5.97 Å². The van der Waals surface area contributed by atoms with Gasteiger partial charge in [0.2, 0.25) is 5.91 Å². The van der Waals surface area contributed by atoms with Crippen molar-refractivity contribution in [3.05, 3.63) is 0 Å². The zero-order valence-electron chi connectivity index (χ0n) is 7.69. The molecule has 1 amide bonds. The van der Waals surface area contributed by atoms with Gasteiger partial charge in [0.25, 0.3) is 0 Å². The lowest BCUT2D eigenvalue weighted by atomic mass is 9.99. The van der Waals surface area contributed by atoms with E-state index in [2.05, 4.69) is 10.6 Å². The maximum Gasteiger partial charge on any atom is 0.334 e. The topological polar surface area (TPSA) is 98.7 Å². The molecule has 6 nitrogen and oxygen atoms in total. The fraction of sp³-hybridized carbons (Fsp3) is 0.750. The van der Waals surface area contributed by atoms with Crippen LogP contribution in [-0.4, -0.2) is 47.8 Å². The van der Waals surface area contributed by atoms with Crippen LogP contribution in [0.5, 0.6) is 0 Å². The Morgan fingerprint density at radius 1 is 1.50 bits per heavy atom. The summed E-state index contributed by atoms with van der Waals surface area (Å²) in [6.45, 7) is 1.43. The number of rotatable bonds is 5. The summed E-state index contributed by atoms with van der Waals surface area (Å²) in [5.74, 6) is -1.19. The molecule has 14 heavy (non-hydrogen) atoms. The molecule has 0 aromatic heterocycles. The SMILES string of the molecule is O=C(CC1CNC1)NC[C@H](O)C(=O)O. The molecular weight excluding hydrogens is 188 g/mol. The van der Waals surface area contributed by atoms with Crippen molar-refractivity contribution in [3.8, 4) is 0 Å². The molecular formula is C8H14N2O4. The monoisotopic (exact) mass is 202 g/mol. The zero-order valence-corrected chi connectivity index (χ0v) is 7.69. The number of aliphatic hydroxyl groups is 1. The second kappa shape index (κ2) is 4.92. The van der Waals surface area contributed by atoms with Gasteiger partial charge in [-0.1, -0.05) is 0 Å². The van der Waals surface area contributed by atoms with Crippen LogP contribution in [-0.2, 0) is 9.59 Å². The van der Waals surface area contributed by atoms with Crippen LogP contribution in [0.25, 0.3) is 0 Å². The van der Waals surface area contributed by atoms with E-state index in [0.29, 0.717) is 12.3 Å². The Hall–Kier alpha value is -1.14. The van der Waals surface area contributed by atoms with Gasteiger partial charge in [0.05, 0.1) is 6.54 Å². The molecule has 1 aliphatic rings. The van der Waals surface area contributed by atoms with Crippen molar-refractivity contribution in [2.45, 2.75) is 12.5 Å². The highest BCUT2D eigenvalue weighted by Gasteiger charge is 2.21. The van der Waals surface area contributed by atoms with Gasteiger partial charge in [-0.15, -0.1) is 0 Å². The average Bonchev–Trinajstić information content (AvgIpc) is 2.07. The standard InChI is InChI=1S/C8H14N2O4/c11-6(8(13)14)4-10-7(12)1-5-2-9-3-5/h5-6,9,11H,1-4H2,(H,10,12)(H,13,14)/t6-/m0/s1. The highest BCUT2D eigenvalue weighted by atomic mass is 16.4. The third kappa shape index (κ3) is 3.31. The highest BCUT2D eigenvalue weighted by Crippen LogP contribution is 2.07. The first-order chi connectivity index (χ1) is 6.59. The average molecular weight is 202 g/mol. The highest BCUT2D eigenvalue weighted by molar-refractivity contribution is 5.78. The van der Waals surface area contributed by atoms with Gasteiger partial charge in [-0.05, 0) is 19.0 Å². The molecule has 4 N–H and O–H groups in total. The van der Waals surface area contributed by atoms with Gasteiger partial charge in [0.1, 0.15) is 0 Å². The lowest BCUT2D eigenvalue weighted by Crippen LogP contribution is -2.45. The van der Waals surface area contributed by atoms with Gasteiger partial charge in [0.15, 0.2) is 6.10 Å². The molecule has 0 bridgehead atoms. The van der Waals surface area contributed by atoms with Gasteiger partial charge in [-0.25, -0.2) is 4.79 Å². The minimum absolute atomic E-state index is 0.211. The maximum absolute atomic E-state index is 11.1. The molecule has 6 heteroatoms. The lowest BCUT2D eigenvalue weighted by molar-refractivity contribution is -0.146. The van der Waals surface area contributed by atoms with Crippen molar-refractivity contribution in [1.82, 2.24) is 10.6 Å². The van der Waals surface area contributed by atoms with Crippen LogP contribution < -0.4 is 10.6 Å². The summed E-state index contributed by atoms with van der Waals surface area (Å²) in [7, 11) is 0. The zero-order chi connectivity index (χ0) is 10.6. The minimum Gasteiger partial charge on any atom is -0.479 e. The number of carboxylic acid groups (broad SMARTS) is 1. The molecule has 0 aliphatic carbocycles. The Morgan fingerprint density at radius 3 is 2.57 bits per heavy atom. The van der Waals surface area contributed by atoms with Gasteiger partial charge < -0.3 is 20.8 Å². The lowest BCUT2D eigenvalue weighted by Gasteiger charge is -2.26. The van der Waals surface area contributed by atoms with Crippen LogP contribution in [0.1, 0.15) is 6.42 Å². The maximum atomic E-state index is 11.1. The van der Waals surface area contributed by atoms with Crippen molar-refractivity contribution in [2.24, 2.45) is 5.92 Å². The molecule has 1 heterocycles. The Labute approximate surface area is 81.3 Å². The van der Waals surface area contributed by atoms with E-state index < -0.39 is 12.1 Å². The van der Waals surface area contributed by atoms with E-state index in [1.165, 1.54) is 0 Å². The summed E-state index contributed by atoms with van der Waals surface area (Å²) in [6, 6.07) is 0. The molecule has 0 spiro atoms. The number of aliphatic hydroxyl groups excluding tert-OH is 1. The van der Waals surface area contributed by atoms with E-state index >= 15 is 0 Å². The first-order valence-corrected chi connectivity index (χ1v) is 4.48. The number of hydrogen-bond donors (Lipinski definition) is 4. The van der Waals surface area contributed by atoms with Crippen LogP contribution in [0.4, 0.5) is 0 Å². The molecule has 1 fully saturated rings. The minimum atomic E-state index is -1.52. The first kappa shape index (κ1) is 10.9. The smallest absolute Gasteiger partial charge is 0.334 e. The predicted octanol–water partition coefficient (Wildman–Crippen LogP) is -1.84. The van der Waals surface area contributed by atoms with E-state index in [0.717, 1.165) is 13.1 Å². The second-order valence-electron chi connectivity index (χ2n) is 3.39. The molecule has 80 valence electrons. The van der Waals surface area contributed by atoms with Crippen LogP contribution in [0.3, 0.4) is 0 Å². The van der Waals surface area contributed by atoms with Crippen molar-refractivity contribution in [1.29, 1.82) is 0 Å². The number of nitrogens with one attached hydrogen (secondary N) is 2. The Balaban J connectivity index is 2.10. The summed E-state index contributed by atoms with van der Waals surface area (Å²) >= 11 is 0. The molecule has 0 radical (unpaired) electrons. The number of carbonyl (C=O) groups excluding carboxylic acids is 1. The predicted molar refractivity (Wildman–Crippen MR) is 47.6 cm³/mol. The van der Waals surface area contributed by atoms with E-state index in [1.807, 2.05) is 0 Å². The third-order valence-corrected chi connectivity index (χ3v) is 2.12. The quantitative estimate of drug-likeness (QED) is 0.420. The van der Waals surface area contributed by atoms with Gasteiger partial charge in [-0.2, -0.15) is 0 Å². The van der Waals surface area contributed by atoms with Crippen molar-refractivity contribution >= 4 is 11.9 Å². The van der Waals surface area contributed by atoms with Crippen LogP contribution in [0, 0.1) is 5.92 Å². The molecule has 0 unspecified atom stereocenters. The van der Waals surface area contributed by atoms with Gasteiger partial charge in [0, 0.05) is 6.42 Å². The number of aliphatic carboxylic acids is 1. The molecule has 1 atom stereocenters. The van der Waals surface area contributed by atoms with Crippen molar-refractivity contribution < 1.29 is 19.8 Å². The summed E-state index contributed by atoms with van der Waals surface area (Å²) in [5.41, 5.74) is 0. The molecule has 1 rings (SSSR count). The summed E-state index contributed by atoms with van der Waals surface area (Å²) < 4.78 is 0. The summed E-state index contributed by atoms with van der Waals surface area (Å²) in [5, 5.41) is 22.6. The number of carboxylic acids is 1. The van der Waals surface area contributed by atoms with E-state index in [9.17, 15) is 9.59 Å². The number of amides is 1. The molecule has 0 aromatic carbocycles. The Bertz CT molecular complexity index is 227. The van der Waals surface area contributed by atoms with Crippen LogP contribution >= 0.6 is 0 Å². The van der Waals surface area contributed by atoms with Crippen LogP contribution in [0.2, 0.25) is 0 Å². The van der Waals surface area contributed by atoms with Gasteiger partial charge in [-0.3, -0.25) is 4.79 Å². The van der Waals surface area contributed by atoms with Crippen molar-refractivity contribution in [2.75, 3.05) is 19.6 Å². The number of hydrogen-bond acceptors (Lipinski definition) is 4. The van der Waals surface area contributed by atoms with E-state index in [-0.39, 0.29) is 12.5 Å². The largest absolute Gasteiger partial charge is 0.479 e. The fourth-order valence-electron chi connectivity index (χ4n) is 1.12. The van der Waals surface area contributed by atoms with Crippen LogP contribution in [0.15, 0.2) is 0 Å².